The van der Waals surface area contributed by atoms with Gasteiger partial charge in [-0.3, -0.25) is 0 Å². The lowest BCUT2D eigenvalue weighted by Crippen LogP contribution is -2.32. The third-order valence-electron chi connectivity index (χ3n) is 7.16. The molecule has 0 spiro atoms. The van der Waals surface area contributed by atoms with E-state index in [0.29, 0.717) is 18.3 Å². The Balaban J connectivity index is 1.48. The normalized spacial score (nSPS) is 14.0. The number of pyridine rings is 1. The summed E-state index contributed by atoms with van der Waals surface area (Å²) in [6, 6.07) is 20.4. The second-order valence-electron chi connectivity index (χ2n) is 9.74. The fourth-order valence-electron chi connectivity index (χ4n) is 4.97. The molecule has 0 saturated heterocycles. The van der Waals surface area contributed by atoms with Gasteiger partial charge in [0.25, 0.3) is 10.0 Å². The summed E-state index contributed by atoms with van der Waals surface area (Å²) in [5.41, 5.74) is 1.53. The molecule has 0 aliphatic heterocycles. The van der Waals surface area contributed by atoms with Crippen molar-refractivity contribution in [1.82, 2.24) is 4.98 Å². The van der Waals surface area contributed by atoms with Gasteiger partial charge in [-0.2, -0.15) is 0 Å². The molecule has 1 aliphatic rings. The van der Waals surface area contributed by atoms with Crippen molar-refractivity contribution in [3.05, 3.63) is 95.7 Å². The molecule has 1 N–H and O–H groups in total. The lowest BCUT2D eigenvalue weighted by atomic mass is 10.1. The number of sulfonamides is 1. The second-order valence-corrected chi connectivity index (χ2v) is 11.6. The Morgan fingerprint density at radius 2 is 1.68 bits per heavy atom. The predicted octanol–water partition coefficient (Wildman–Crippen LogP) is 6.21. The van der Waals surface area contributed by atoms with Crippen molar-refractivity contribution in [3.63, 3.8) is 0 Å². The number of ether oxygens (including phenoxy) is 1. The lowest BCUT2D eigenvalue weighted by molar-refractivity contribution is 0.0696. The highest BCUT2D eigenvalue weighted by atomic mass is 32.2. The van der Waals surface area contributed by atoms with Crippen LogP contribution in [0.15, 0.2) is 83.9 Å². The first-order chi connectivity index (χ1) is 18.3. The van der Waals surface area contributed by atoms with Crippen LogP contribution in [0.25, 0.3) is 10.8 Å². The highest BCUT2D eigenvalue weighted by molar-refractivity contribution is 7.92. The molecule has 0 amide bonds. The quantitative estimate of drug-likeness (QED) is 0.277. The van der Waals surface area contributed by atoms with Gasteiger partial charge in [0.05, 0.1) is 23.6 Å². The highest BCUT2D eigenvalue weighted by Crippen LogP contribution is 2.32. The van der Waals surface area contributed by atoms with Gasteiger partial charge in [-0.25, -0.2) is 22.5 Å². The van der Waals surface area contributed by atoms with E-state index >= 15 is 0 Å². The van der Waals surface area contributed by atoms with Crippen LogP contribution in [0.1, 0.15) is 47.2 Å². The number of hydrogen-bond acceptors (Lipinski definition) is 5. The molecule has 0 unspecified atom stereocenters. The number of fused-ring (bicyclic) bond motifs is 1. The van der Waals surface area contributed by atoms with Gasteiger partial charge in [-0.05, 0) is 73.0 Å². The third kappa shape index (κ3) is 5.36. The summed E-state index contributed by atoms with van der Waals surface area (Å²) < 4.78 is 35.1. The van der Waals surface area contributed by atoms with Gasteiger partial charge >= 0.3 is 5.97 Å². The number of hydrogen-bond donors (Lipinski definition) is 1. The van der Waals surface area contributed by atoms with Gasteiger partial charge in [-0.1, -0.05) is 49.2 Å². The van der Waals surface area contributed by atoms with Crippen molar-refractivity contribution in [3.8, 4) is 5.75 Å². The number of carboxylic acids is 1. The largest absolute Gasteiger partial charge is 0.493 e. The average Bonchev–Trinajstić information content (AvgIpc) is 3.46. The number of carbonyl (C=O) groups is 1. The third-order valence-corrected chi connectivity index (χ3v) is 8.91. The molecule has 0 bridgehead atoms. The Hall–Kier alpha value is -3.91. The number of aromatic nitrogens is 1. The van der Waals surface area contributed by atoms with E-state index in [0.717, 1.165) is 27.6 Å². The number of nitrogens with zero attached hydrogens (tertiary/aromatic N) is 2. The van der Waals surface area contributed by atoms with Gasteiger partial charge in [0.2, 0.25) is 0 Å². The molecule has 0 atom stereocenters. The topological polar surface area (TPSA) is 96.8 Å². The summed E-state index contributed by atoms with van der Waals surface area (Å²) in [5, 5.41) is 11.1. The van der Waals surface area contributed by atoms with Crippen molar-refractivity contribution in [2.24, 2.45) is 5.92 Å². The van der Waals surface area contributed by atoms with Crippen molar-refractivity contribution in [2.75, 3.05) is 10.9 Å². The van der Waals surface area contributed by atoms with E-state index in [9.17, 15) is 18.3 Å². The first-order valence-electron chi connectivity index (χ1n) is 12.7. The molecule has 1 aromatic heterocycles. The van der Waals surface area contributed by atoms with Gasteiger partial charge < -0.3 is 9.84 Å². The maximum absolute atomic E-state index is 13.9. The summed E-state index contributed by atoms with van der Waals surface area (Å²) in [6.07, 6.45) is 6.61. The SMILES string of the molecule is Cc1c(N(Cc2ccc(OCC3CCCC3)cc2)S(=O)(=O)c2ccc(C(=O)O)cc2)ncc2ccccc12. The van der Waals surface area contributed by atoms with Crippen LogP contribution in [0.3, 0.4) is 0 Å². The number of aromatic carboxylic acids is 1. The highest BCUT2D eigenvalue weighted by Gasteiger charge is 2.28. The Morgan fingerprint density at radius 3 is 2.37 bits per heavy atom. The zero-order chi connectivity index (χ0) is 26.7. The van der Waals surface area contributed by atoms with E-state index in [1.54, 1.807) is 6.20 Å². The van der Waals surface area contributed by atoms with Crippen LogP contribution in [0, 0.1) is 12.8 Å². The Bertz CT molecular complexity index is 1540. The molecule has 3 aromatic carbocycles. The van der Waals surface area contributed by atoms with Gasteiger partial charge in [0.1, 0.15) is 11.6 Å². The number of carboxylic acid groups (broad SMARTS) is 1. The smallest absolute Gasteiger partial charge is 0.335 e. The molecule has 7 nitrogen and oxygen atoms in total. The Kier molecular flexibility index (Phi) is 7.33. The van der Waals surface area contributed by atoms with Crippen LogP contribution in [0.4, 0.5) is 5.82 Å². The fourth-order valence-corrected chi connectivity index (χ4v) is 6.43. The maximum atomic E-state index is 13.9. The molecule has 1 saturated carbocycles. The lowest BCUT2D eigenvalue weighted by Gasteiger charge is -2.26. The number of rotatable bonds is 9. The average molecular weight is 531 g/mol. The van der Waals surface area contributed by atoms with Crippen molar-refractivity contribution < 1.29 is 23.1 Å². The van der Waals surface area contributed by atoms with Crippen LogP contribution in [-0.2, 0) is 16.6 Å². The van der Waals surface area contributed by atoms with Crippen LogP contribution >= 0.6 is 0 Å². The van der Waals surface area contributed by atoms with E-state index in [1.807, 2.05) is 55.5 Å². The minimum absolute atomic E-state index is 0.00613. The van der Waals surface area contributed by atoms with Crippen molar-refractivity contribution in [1.29, 1.82) is 0 Å². The summed E-state index contributed by atoms with van der Waals surface area (Å²) in [5.74, 6) is 0.574. The molecule has 8 heteroatoms. The summed E-state index contributed by atoms with van der Waals surface area (Å²) in [6.45, 7) is 2.62. The molecule has 38 heavy (non-hydrogen) atoms. The van der Waals surface area contributed by atoms with Gasteiger partial charge in [0.15, 0.2) is 0 Å². The van der Waals surface area contributed by atoms with Crippen LogP contribution in [0.5, 0.6) is 5.75 Å². The first-order valence-corrected chi connectivity index (χ1v) is 14.2. The molecule has 196 valence electrons. The standard InChI is InChI=1S/C30H30N2O5S/c1-21-28-9-5-4-8-25(28)18-31-29(21)32(38(35,36)27-16-12-24(13-17-27)30(33)34)19-22-10-14-26(15-11-22)37-20-23-6-2-3-7-23/h4-5,8-18,23H,2-3,6-7,19-20H2,1H3,(H,33,34). The van der Waals surface area contributed by atoms with Gasteiger partial charge in [0, 0.05) is 17.1 Å². The van der Waals surface area contributed by atoms with Crippen molar-refractivity contribution >= 4 is 32.6 Å². The predicted molar refractivity (Wildman–Crippen MR) is 147 cm³/mol. The summed E-state index contributed by atoms with van der Waals surface area (Å²) in [7, 11) is -4.07. The van der Waals surface area contributed by atoms with E-state index < -0.39 is 16.0 Å². The molecular formula is C30H30N2O5S. The van der Waals surface area contributed by atoms with Crippen molar-refractivity contribution in [2.45, 2.75) is 44.0 Å². The Labute approximate surface area is 222 Å². The number of aryl methyl sites for hydroxylation is 1. The minimum Gasteiger partial charge on any atom is -0.493 e. The van der Waals surface area contributed by atoms with Crippen LogP contribution < -0.4 is 9.04 Å². The first kappa shape index (κ1) is 25.7. The van der Waals surface area contributed by atoms with Gasteiger partial charge in [-0.15, -0.1) is 0 Å². The molecule has 0 radical (unpaired) electrons. The summed E-state index contributed by atoms with van der Waals surface area (Å²) >= 11 is 0. The van der Waals surface area contributed by atoms with E-state index in [2.05, 4.69) is 4.98 Å². The number of benzene rings is 3. The Morgan fingerprint density at radius 1 is 1.00 bits per heavy atom. The molecule has 5 rings (SSSR count). The van der Waals surface area contributed by atoms with E-state index in [1.165, 1.54) is 54.3 Å². The maximum Gasteiger partial charge on any atom is 0.335 e. The molecular weight excluding hydrogens is 500 g/mol. The summed E-state index contributed by atoms with van der Waals surface area (Å²) in [4.78, 5) is 15.8. The monoisotopic (exact) mass is 530 g/mol. The van der Waals surface area contributed by atoms with Crippen LogP contribution in [0.2, 0.25) is 0 Å². The van der Waals surface area contributed by atoms with E-state index in [-0.39, 0.29) is 17.0 Å². The zero-order valence-corrected chi connectivity index (χ0v) is 22.0. The second kappa shape index (κ2) is 10.8. The minimum atomic E-state index is -4.07. The number of anilines is 1. The molecule has 1 fully saturated rings. The zero-order valence-electron chi connectivity index (χ0n) is 21.2. The molecule has 1 aliphatic carbocycles. The van der Waals surface area contributed by atoms with E-state index in [4.69, 9.17) is 4.74 Å². The van der Waals surface area contributed by atoms with Crippen LogP contribution in [-0.4, -0.2) is 31.1 Å². The molecule has 4 aromatic rings. The fraction of sp³-hybridized carbons (Fsp3) is 0.267. The molecule has 1 heterocycles.